The third-order valence-electron chi connectivity index (χ3n) is 5.83. The van der Waals surface area contributed by atoms with Crippen LogP contribution in [0.1, 0.15) is 46.2 Å². The van der Waals surface area contributed by atoms with E-state index in [2.05, 4.69) is 25.2 Å². The van der Waals surface area contributed by atoms with Gasteiger partial charge in [-0.1, -0.05) is 18.2 Å². The number of H-pyrrole nitrogens is 1. The largest absolute Gasteiger partial charge is 0.484 e. The molecule has 2 aromatic heterocycles. The number of anilines is 3. The first-order valence-electron chi connectivity index (χ1n) is 11.9. The van der Waals surface area contributed by atoms with Crippen molar-refractivity contribution in [2.75, 3.05) is 15.8 Å². The number of carboxylic acids is 1. The highest BCUT2D eigenvalue weighted by Gasteiger charge is 2.23. The van der Waals surface area contributed by atoms with Gasteiger partial charge in [-0.3, -0.25) is 14.6 Å². The fourth-order valence-corrected chi connectivity index (χ4v) is 4.34. The number of ether oxygens (including phenoxy) is 1. The minimum atomic E-state index is -3.67. The number of nitrogens with two attached hydrogens (primary N) is 1. The first kappa shape index (κ1) is 28.0. The first-order valence-corrected chi connectivity index (χ1v) is 13.5. The van der Waals surface area contributed by atoms with E-state index < -0.39 is 33.8 Å². The van der Waals surface area contributed by atoms with Gasteiger partial charge < -0.3 is 20.9 Å². The second kappa shape index (κ2) is 11.4. The molecule has 40 heavy (non-hydrogen) atoms. The summed E-state index contributed by atoms with van der Waals surface area (Å²) in [6.07, 6.45) is 0.541. The smallest absolute Gasteiger partial charge is 0.337 e. The van der Waals surface area contributed by atoms with Crippen LogP contribution in [0.4, 0.5) is 21.7 Å². The summed E-state index contributed by atoms with van der Waals surface area (Å²) in [6, 6.07) is 12.9. The fourth-order valence-electron chi connectivity index (χ4n) is 3.69. The molecular weight excluding hydrogens is 543 g/mol. The predicted molar refractivity (Wildman–Crippen MR) is 146 cm³/mol. The minimum absolute atomic E-state index is 0.0235. The van der Waals surface area contributed by atoms with Crippen LogP contribution in [0.2, 0.25) is 0 Å². The van der Waals surface area contributed by atoms with Gasteiger partial charge in [0.25, 0.3) is 5.91 Å². The van der Waals surface area contributed by atoms with Crippen LogP contribution in [-0.2, 0) is 10.0 Å². The van der Waals surface area contributed by atoms with Gasteiger partial charge in [0.05, 0.1) is 22.7 Å². The lowest BCUT2D eigenvalue weighted by molar-refractivity contribution is 0.0696. The molecule has 0 aliphatic heterocycles. The summed E-state index contributed by atoms with van der Waals surface area (Å²) in [5, 5.41) is 18.8. The Labute approximate surface area is 228 Å². The normalized spacial score (nSPS) is 12.0. The molecule has 0 aliphatic rings. The zero-order chi connectivity index (χ0) is 29.0. The van der Waals surface area contributed by atoms with Gasteiger partial charge in [-0.05, 0) is 55.8 Å². The third kappa shape index (κ3) is 6.35. The van der Waals surface area contributed by atoms with Crippen LogP contribution in [0, 0.1) is 5.82 Å². The van der Waals surface area contributed by atoms with E-state index in [0.29, 0.717) is 11.1 Å². The first-order chi connectivity index (χ1) is 19.0. The minimum Gasteiger partial charge on any atom is -0.484 e. The van der Waals surface area contributed by atoms with Crippen molar-refractivity contribution in [1.29, 1.82) is 0 Å². The average molecular weight is 569 g/mol. The molecule has 0 fully saturated rings. The maximum Gasteiger partial charge on any atom is 0.337 e. The van der Waals surface area contributed by atoms with E-state index in [1.165, 1.54) is 43.3 Å². The number of carbonyl (C=O) groups is 2. The number of hydrogen-bond acceptors (Lipinski definition) is 8. The molecule has 6 N–H and O–H groups in total. The Morgan fingerprint density at radius 2 is 1.88 bits per heavy atom. The maximum atomic E-state index is 13.4. The highest BCUT2D eigenvalue weighted by atomic mass is 32.2. The molecular formula is C26H25FN6O6S. The Kier molecular flexibility index (Phi) is 8.00. The molecule has 0 aliphatic carbocycles. The molecule has 0 saturated heterocycles. The molecule has 0 bridgehead atoms. The maximum absolute atomic E-state index is 13.4. The number of carbonyl (C=O) groups excluding carboxylic acids is 1. The van der Waals surface area contributed by atoms with Crippen molar-refractivity contribution in [3.05, 3.63) is 83.3 Å². The zero-order valence-corrected chi connectivity index (χ0v) is 22.1. The molecule has 4 rings (SSSR count). The number of carboxylic acid groups (broad SMARTS) is 1. The summed E-state index contributed by atoms with van der Waals surface area (Å²) < 4.78 is 46.6. The highest BCUT2D eigenvalue weighted by molar-refractivity contribution is 7.92. The molecule has 4 aromatic rings. The Hall–Kier alpha value is -4.98. The SMILES string of the molecule is CCS(=O)(=O)Nc1ccc(-c2[nH]nc(Nc3ccc(C(=O)O)cn3)c2C(N)=O)cc1O[C@@H](C)c1ccc(F)cc1. The van der Waals surface area contributed by atoms with Crippen molar-refractivity contribution in [1.82, 2.24) is 15.2 Å². The van der Waals surface area contributed by atoms with Crippen LogP contribution >= 0.6 is 0 Å². The molecule has 1 amide bonds. The number of hydrogen-bond donors (Lipinski definition) is 5. The number of amides is 1. The van der Waals surface area contributed by atoms with Gasteiger partial charge in [0.15, 0.2) is 5.82 Å². The van der Waals surface area contributed by atoms with Gasteiger partial charge in [-0.15, -0.1) is 0 Å². The molecule has 0 radical (unpaired) electrons. The van der Waals surface area contributed by atoms with Crippen molar-refractivity contribution in [2.24, 2.45) is 5.73 Å². The molecule has 2 heterocycles. The van der Waals surface area contributed by atoms with Crippen molar-refractivity contribution < 1.29 is 32.2 Å². The molecule has 2 aromatic carbocycles. The molecule has 0 spiro atoms. The molecule has 14 heteroatoms. The van der Waals surface area contributed by atoms with Gasteiger partial charge in [0.2, 0.25) is 10.0 Å². The van der Waals surface area contributed by atoms with Crippen LogP contribution in [0.25, 0.3) is 11.3 Å². The topological polar surface area (TPSA) is 189 Å². The molecule has 12 nitrogen and oxygen atoms in total. The lowest BCUT2D eigenvalue weighted by Gasteiger charge is -2.19. The lowest BCUT2D eigenvalue weighted by atomic mass is 10.1. The third-order valence-corrected chi connectivity index (χ3v) is 7.12. The van der Waals surface area contributed by atoms with Crippen LogP contribution < -0.4 is 20.5 Å². The number of sulfonamides is 1. The summed E-state index contributed by atoms with van der Waals surface area (Å²) in [5.41, 5.74) is 7.01. The number of aromatic amines is 1. The Balaban J connectivity index is 1.72. The summed E-state index contributed by atoms with van der Waals surface area (Å²) in [6.45, 7) is 3.20. The van der Waals surface area contributed by atoms with Crippen molar-refractivity contribution in [2.45, 2.75) is 20.0 Å². The van der Waals surface area contributed by atoms with E-state index >= 15 is 0 Å². The van der Waals surface area contributed by atoms with Gasteiger partial charge >= 0.3 is 5.97 Å². The number of pyridine rings is 1. The van der Waals surface area contributed by atoms with E-state index in [9.17, 15) is 22.4 Å². The van der Waals surface area contributed by atoms with Crippen molar-refractivity contribution >= 4 is 39.2 Å². The number of primary amides is 1. The van der Waals surface area contributed by atoms with Crippen LogP contribution in [0.3, 0.4) is 0 Å². The summed E-state index contributed by atoms with van der Waals surface area (Å²) in [5.74, 6) is -2.17. The lowest BCUT2D eigenvalue weighted by Crippen LogP contribution is -2.16. The van der Waals surface area contributed by atoms with E-state index in [4.69, 9.17) is 15.6 Å². The Morgan fingerprint density at radius 3 is 2.48 bits per heavy atom. The van der Waals surface area contributed by atoms with E-state index in [1.54, 1.807) is 25.1 Å². The molecule has 1 atom stereocenters. The van der Waals surface area contributed by atoms with E-state index in [1.807, 2.05) is 0 Å². The second-order valence-electron chi connectivity index (χ2n) is 8.58. The highest BCUT2D eigenvalue weighted by Crippen LogP contribution is 2.36. The van der Waals surface area contributed by atoms with Crippen LogP contribution in [-0.4, -0.2) is 46.3 Å². The van der Waals surface area contributed by atoms with Gasteiger partial charge in [-0.25, -0.2) is 22.6 Å². The van der Waals surface area contributed by atoms with Crippen molar-refractivity contribution in [3.63, 3.8) is 0 Å². The van der Waals surface area contributed by atoms with E-state index in [-0.39, 0.29) is 45.6 Å². The van der Waals surface area contributed by atoms with Crippen molar-refractivity contribution in [3.8, 4) is 17.0 Å². The number of nitrogens with one attached hydrogen (secondary N) is 3. The molecule has 0 unspecified atom stereocenters. The van der Waals surface area contributed by atoms with Crippen LogP contribution in [0.15, 0.2) is 60.8 Å². The summed E-state index contributed by atoms with van der Waals surface area (Å²) >= 11 is 0. The number of benzene rings is 2. The number of rotatable bonds is 11. The fraction of sp³-hybridized carbons (Fsp3) is 0.154. The van der Waals surface area contributed by atoms with Gasteiger partial charge in [-0.2, -0.15) is 5.10 Å². The number of nitrogens with zero attached hydrogens (tertiary/aromatic N) is 2. The number of halogens is 1. The zero-order valence-electron chi connectivity index (χ0n) is 21.3. The van der Waals surface area contributed by atoms with E-state index in [0.717, 1.165) is 6.20 Å². The summed E-state index contributed by atoms with van der Waals surface area (Å²) in [7, 11) is -3.67. The predicted octanol–water partition coefficient (Wildman–Crippen LogP) is 4.05. The van der Waals surface area contributed by atoms with Gasteiger partial charge in [0, 0.05) is 11.8 Å². The monoisotopic (exact) mass is 568 g/mol. The Morgan fingerprint density at radius 1 is 1.15 bits per heavy atom. The quantitative estimate of drug-likeness (QED) is 0.178. The Bertz CT molecular complexity index is 1660. The van der Waals surface area contributed by atoms with Gasteiger partial charge in [0.1, 0.15) is 29.1 Å². The standard InChI is InChI=1S/C26H25FN6O6S/c1-3-40(37,38)33-19-10-6-16(12-20(19)39-14(2)15-4-8-18(27)9-5-15)23-22(24(28)34)25(32-31-23)30-21-11-7-17(13-29-21)26(35)36/h4-14,33H,3H2,1-2H3,(H2,28,34)(H,35,36)(H2,29,30,31,32)/t14-/m0/s1. The summed E-state index contributed by atoms with van der Waals surface area (Å²) in [4.78, 5) is 27.5. The molecule has 208 valence electrons. The number of aromatic nitrogens is 3. The second-order valence-corrected chi connectivity index (χ2v) is 10.6. The number of aromatic carboxylic acids is 1. The van der Waals surface area contributed by atoms with Crippen LogP contribution in [0.5, 0.6) is 5.75 Å². The average Bonchev–Trinajstić information content (AvgIpc) is 3.34. The molecule has 0 saturated carbocycles.